The molecule has 0 aromatic rings. The molecule has 0 atom stereocenters. The molecular formula is C17H35N3O2. The smallest absolute Gasteiger partial charge is 0.303 e. The van der Waals surface area contributed by atoms with Crippen LogP contribution in [0.1, 0.15) is 84.0 Å². The van der Waals surface area contributed by atoms with Crippen LogP contribution in [0.4, 0.5) is 0 Å². The molecule has 0 aromatic heterocycles. The summed E-state index contributed by atoms with van der Waals surface area (Å²) >= 11 is 0. The zero-order chi connectivity index (χ0) is 17.1. The maximum atomic E-state index is 10.3. The third-order valence-electron chi connectivity index (χ3n) is 3.15. The van der Waals surface area contributed by atoms with Gasteiger partial charge in [-0.1, -0.05) is 57.6 Å². The minimum Gasteiger partial charge on any atom is -0.481 e. The van der Waals surface area contributed by atoms with Crippen LogP contribution in [0, 0.1) is 5.41 Å². The fraction of sp³-hybridized carbons (Fsp3) is 0.765. The van der Waals surface area contributed by atoms with Crippen molar-refractivity contribution in [2.75, 3.05) is 0 Å². The molecule has 0 fully saturated rings. The number of carboxylic acid groups (broad SMARTS) is 1. The standard InChI is InChI=1S/C16H30O2.CH5N3/c1-2-3-4-5-6-7-8-9-10-11-12-13-14-15-16(17)18;2-1(3)4/h7-8H,2-6,9-15H2,1H3,(H,17,18);(H5,2,3,4)/b8-7-;. The molecule has 0 bridgehead atoms. The van der Waals surface area contributed by atoms with Crippen molar-refractivity contribution in [3.05, 3.63) is 12.2 Å². The number of nitrogens with two attached hydrogens (primary N) is 2. The molecule has 0 spiro atoms. The van der Waals surface area contributed by atoms with Gasteiger partial charge in [0.05, 0.1) is 0 Å². The quantitative estimate of drug-likeness (QED) is 0.177. The fourth-order valence-corrected chi connectivity index (χ4v) is 1.99. The minimum absolute atomic E-state index is 0.331. The van der Waals surface area contributed by atoms with Crippen LogP contribution in [0.15, 0.2) is 12.2 Å². The number of hydrogen-bond donors (Lipinski definition) is 4. The molecule has 0 aliphatic rings. The van der Waals surface area contributed by atoms with Gasteiger partial charge in [-0.2, -0.15) is 0 Å². The van der Waals surface area contributed by atoms with Gasteiger partial charge in [-0.05, 0) is 32.1 Å². The summed E-state index contributed by atoms with van der Waals surface area (Å²) in [5.74, 6) is -0.999. The maximum Gasteiger partial charge on any atom is 0.303 e. The molecule has 0 saturated heterocycles. The van der Waals surface area contributed by atoms with E-state index in [-0.39, 0.29) is 5.96 Å². The fourth-order valence-electron chi connectivity index (χ4n) is 1.99. The normalized spacial score (nSPS) is 10.2. The lowest BCUT2D eigenvalue weighted by molar-refractivity contribution is -0.137. The lowest BCUT2D eigenvalue weighted by Gasteiger charge is -1.98. The number of hydrogen-bond acceptors (Lipinski definition) is 2. The first-order chi connectivity index (χ1) is 10.5. The highest BCUT2D eigenvalue weighted by Gasteiger charge is 1.95. The highest BCUT2D eigenvalue weighted by atomic mass is 16.4. The second-order valence-corrected chi connectivity index (χ2v) is 5.48. The highest BCUT2D eigenvalue weighted by molar-refractivity contribution is 5.71. The molecule has 0 saturated carbocycles. The van der Waals surface area contributed by atoms with Crippen LogP contribution < -0.4 is 11.5 Å². The van der Waals surface area contributed by atoms with Crippen LogP contribution in [-0.2, 0) is 4.79 Å². The van der Waals surface area contributed by atoms with Gasteiger partial charge < -0.3 is 16.6 Å². The van der Waals surface area contributed by atoms with Crippen molar-refractivity contribution in [2.45, 2.75) is 84.0 Å². The molecule has 0 aliphatic carbocycles. The van der Waals surface area contributed by atoms with E-state index in [1.54, 1.807) is 0 Å². The van der Waals surface area contributed by atoms with Gasteiger partial charge in [-0.3, -0.25) is 10.2 Å². The van der Waals surface area contributed by atoms with E-state index in [4.69, 9.17) is 10.5 Å². The Morgan fingerprint density at radius 1 is 0.909 bits per heavy atom. The van der Waals surface area contributed by atoms with Gasteiger partial charge in [0, 0.05) is 6.42 Å². The van der Waals surface area contributed by atoms with E-state index in [9.17, 15) is 4.79 Å². The molecule has 0 aromatic carbocycles. The Labute approximate surface area is 135 Å². The Hall–Kier alpha value is -1.52. The summed E-state index contributed by atoms with van der Waals surface area (Å²) in [6.45, 7) is 2.24. The molecule has 0 amide bonds. The topological polar surface area (TPSA) is 113 Å². The molecule has 0 rings (SSSR count). The number of allylic oxidation sites excluding steroid dienone is 2. The van der Waals surface area contributed by atoms with Gasteiger partial charge in [0.15, 0.2) is 5.96 Å². The Morgan fingerprint density at radius 3 is 1.77 bits per heavy atom. The summed E-state index contributed by atoms with van der Waals surface area (Å²) in [6.07, 6.45) is 18.3. The first-order valence-corrected chi connectivity index (χ1v) is 8.47. The van der Waals surface area contributed by atoms with E-state index >= 15 is 0 Å². The minimum atomic E-state index is -0.666. The summed E-state index contributed by atoms with van der Waals surface area (Å²) in [5, 5.41) is 14.5. The summed E-state index contributed by atoms with van der Waals surface area (Å²) < 4.78 is 0. The van der Waals surface area contributed by atoms with E-state index in [1.165, 1.54) is 57.8 Å². The third-order valence-corrected chi connectivity index (χ3v) is 3.15. The van der Waals surface area contributed by atoms with E-state index < -0.39 is 5.97 Å². The van der Waals surface area contributed by atoms with E-state index in [2.05, 4.69) is 30.5 Å². The molecule has 0 unspecified atom stereocenters. The highest BCUT2D eigenvalue weighted by Crippen LogP contribution is 2.08. The Bertz CT molecular complexity index is 288. The van der Waals surface area contributed by atoms with Gasteiger partial charge >= 0.3 is 5.97 Å². The summed E-state index contributed by atoms with van der Waals surface area (Å²) in [6, 6.07) is 0. The second kappa shape index (κ2) is 19.5. The van der Waals surface area contributed by atoms with Crippen molar-refractivity contribution in [1.82, 2.24) is 0 Å². The number of carboxylic acids is 1. The second-order valence-electron chi connectivity index (χ2n) is 5.48. The molecule has 6 N–H and O–H groups in total. The van der Waals surface area contributed by atoms with Crippen molar-refractivity contribution in [2.24, 2.45) is 11.5 Å². The van der Waals surface area contributed by atoms with E-state index in [0.717, 1.165) is 12.8 Å². The number of rotatable bonds is 13. The number of nitrogens with one attached hydrogen (secondary N) is 1. The van der Waals surface area contributed by atoms with Gasteiger partial charge in [-0.15, -0.1) is 0 Å². The molecule has 130 valence electrons. The zero-order valence-electron chi connectivity index (χ0n) is 14.2. The maximum absolute atomic E-state index is 10.3. The molecule has 0 radical (unpaired) electrons. The largest absolute Gasteiger partial charge is 0.481 e. The monoisotopic (exact) mass is 313 g/mol. The predicted molar refractivity (Wildman–Crippen MR) is 94.0 cm³/mol. The van der Waals surface area contributed by atoms with Crippen LogP contribution in [0.2, 0.25) is 0 Å². The van der Waals surface area contributed by atoms with Gasteiger partial charge in [0.25, 0.3) is 0 Å². The Balaban J connectivity index is 0. The van der Waals surface area contributed by atoms with Gasteiger partial charge in [0.1, 0.15) is 0 Å². The lowest BCUT2D eigenvalue weighted by Crippen LogP contribution is -2.20. The molecule has 22 heavy (non-hydrogen) atoms. The zero-order valence-corrected chi connectivity index (χ0v) is 14.2. The van der Waals surface area contributed by atoms with Crippen molar-refractivity contribution in [3.63, 3.8) is 0 Å². The summed E-state index contributed by atoms with van der Waals surface area (Å²) in [4.78, 5) is 10.3. The Kier molecular flexibility index (Phi) is 20.1. The molecule has 0 aliphatic heterocycles. The molecular weight excluding hydrogens is 278 g/mol. The van der Waals surface area contributed by atoms with Crippen molar-refractivity contribution < 1.29 is 9.90 Å². The number of aliphatic carboxylic acids is 1. The molecule has 5 nitrogen and oxygen atoms in total. The molecule has 5 heteroatoms. The van der Waals surface area contributed by atoms with Gasteiger partial charge in [0.2, 0.25) is 0 Å². The van der Waals surface area contributed by atoms with Gasteiger partial charge in [-0.25, -0.2) is 0 Å². The summed E-state index contributed by atoms with van der Waals surface area (Å²) in [5.41, 5.74) is 8.94. The van der Waals surface area contributed by atoms with E-state index in [0.29, 0.717) is 6.42 Å². The number of guanidine groups is 1. The van der Waals surface area contributed by atoms with Crippen molar-refractivity contribution in [1.29, 1.82) is 5.41 Å². The van der Waals surface area contributed by atoms with Crippen molar-refractivity contribution >= 4 is 11.9 Å². The van der Waals surface area contributed by atoms with E-state index in [1.807, 2.05) is 0 Å². The molecule has 0 heterocycles. The SMILES string of the molecule is CCCCCC/C=C\CCCCCCCC(=O)O.N=C(N)N. The van der Waals surface area contributed by atoms with Crippen LogP contribution in [-0.4, -0.2) is 17.0 Å². The third kappa shape index (κ3) is 31.1. The average Bonchev–Trinajstić information content (AvgIpc) is 2.43. The van der Waals surface area contributed by atoms with Crippen LogP contribution in [0.5, 0.6) is 0 Å². The predicted octanol–water partition coefficient (Wildman–Crippen LogP) is 4.17. The van der Waals surface area contributed by atoms with Crippen LogP contribution in [0.25, 0.3) is 0 Å². The van der Waals surface area contributed by atoms with Crippen molar-refractivity contribution in [3.8, 4) is 0 Å². The van der Waals surface area contributed by atoms with Crippen LogP contribution >= 0.6 is 0 Å². The number of unbranched alkanes of at least 4 members (excludes halogenated alkanes) is 9. The summed E-state index contributed by atoms with van der Waals surface area (Å²) in [7, 11) is 0. The lowest BCUT2D eigenvalue weighted by atomic mass is 10.1. The average molecular weight is 313 g/mol. The first kappa shape index (κ1) is 22.8. The first-order valence-electron chi connectivity index (χ1n) is 8.47. The van der Waals surface area contributed by atoms with Crippen LogP contribution in [0.3, 0.4) is 0 Å². The Morgan fingerprint density at radius 2 is 1.32 bits per heavy atom. The number of carbonyl (C=O) groups is 1.